The second-order valence-electron chi connectivity index (χ2n) is 7.87. The van der Waals surface area contributed by atoms with Crippen LogP contribution < -0.4 is 10.2 Å². The van der Waals surface area contributed by atoms with Gasteiger partial charge < -0.3 is 15.1 Å². The number of rotatable bonds is 4. The average Bonchev–Trinajstić information content (AvgIpc) is 2.80. The van der Waals surface area contributed by atoms with Gasteiger partial charge in [-0.15, -0.1) is 0 Å². The largest absolute Gasteiger partial charge is 0.353 e. The van der Waals surface area contributed by atoms with E-state index in [0.29, 0.717) is 24.3 Å². The topological polar surface area (TPSA) is 65.5 Å². The maximum Gasteiger partial charge on any atom is 0.255 e. The summed E-state index contributed by atoms with van der Waals surface area (Å²) in [6.07, 6.45) is 1.67. The summed E-state index contributed by atoms with van der Waals surface area (Å²) in [6, 6.07) is 18.9. The Balaban J connectivity index is 1.33. The van der Waals surface area contributed by atoms with Gasteiger partial charge in [-0.1, -0.05) is 35.4 Å². The lowest BCUT2D eigenvalue weighted by atomic mass is 10.1. The van der Waals surface area contributed by atoms with Crippen LogP contribution in [0.25, 0.3) is 0 Å². The fourth-order valence-corrected chi connectivity index (χ4v) is 3.57. The molecule has 2 aromatic carbocycles. The Morgan fingerprint density at radius 2 is 1.35 bits per heavy atom. The fourth-order valence-electron chi connectivity index (χ4n) is 3.57. The van der Waals surface area contributed by atoms with Gasteiger partial charge >= 0.3 is 0 Å². The highest BCUT2D eigenvalue weighted by Gasteiger charge is 2.22. The number of carbonyl (C=O) groups excluding carboxylic acids is 2. The quantitative estimate of drug-likeness (QED) is 0.703. The Morgan fingerprint density at radius 1 is 0.774 bits per heavy atom. The van der Waals surface area contributed by atoms with E-state index in [1.54, 1.807) is 6.20 Å². The van der Waals surface area contributed by atoms with Crippen LogP contribution in [0.4, 0.5) is 11.5 Å². The minimum atomic E-state index is -0.155. The molecule has 1 aromatic heterocycles. The number of benzene rings is 2. The number of pyridine rings is 1. The summed E-state index contributed by atoms with van der Waals surface area (Å²) in [6.45, 7) is 6.75. The molecule has 2 heterocycles. The van der Waals surface area contributed by atoms with Gasteiger partial charge in [0.1, 0.15) is 5.82 Å². The van der Waals surface area contributed by atoms with Gasteiger partial charge in [0.25, 0.3) is 11.8 Å². The van der Waals surface area contributed by atoms with Crippen molar-refractivity contribution in [1.82, 2.24) is 9.88 Å². The molecule has 2 amide bonds. The highest BCUT2D eigenvalue weighted by atomic mass is 16.2. The van der Waals surface area contributed by atoms with Crippen molar-refractivity contribution in [2.75, 3.05) is 36.4 Å². The van der Waals surface area contributed by atoms with E-state index >= 15 is 0 Å². The minimum Gasteiger partial charge on any atom is -0.353 e. The maximum atomic E-state index is 12.7. The number of hydrogen-bond donors (Lipinski definition) is 1. The van der Waals surface area contributed by atoms with Crippen LogP contribution in [0.1, 0.15) is 31.8 Å². The first-order chi connectivity index (χ1) is 15.0. The van der Waals surface area contributed by atoms with Gasteiger partial charge in [0.2, 0.25) is 0 Å². The lowest BCUT2D eigenvalue weighted by Crippen LogP contribution is -2.49. The van der Waals surface area contributed by atoms with Gasteiger partial charge in [-0.2, -0.15) is 0 Å². The average molecular weight is 415 g/mol. The van der Waals surface area contributed by atoms with Crippen molar-refractivity contribution in [1.29, 1.82) is 0 Å². The number of nitrogens with one attached hydrogen (secondary N) is 1. The summed E-state index contributed by atoms with van der Waals surface area (Å²) < 4.78 is 0. The van der Waals surface area contributed by atoms with Gasteiger partial charge in [-0.25, -0.2) is 4.98 Å². The molecule has 31 heavy (non-hydrogen) atoms. The van der Waals surface area contributed by atoms with Crippen LogP contribution >= 0.6 is 0 Å². The van der Waals surface area contributed by atoms with Crippen molar-refractivity contribution in [2.45, 2.75) is 13.8 Å². The fraction of sp³-hybridized carbons (Fsp3) is 0.240. The molecule has 1 fully saturated rings. The van der Waals surface area contributed by atoms with Crippen LogP contribution in [0.3, 0.4) is 0 Å². The van der Waals surface area contributed by atoms with Gasteiger partial charge in [-0.05, 0) is 50.2 Å². The van der Waals surface area contributed by atoms with E-state index in [-0.39, 0.29) is 11.8 Å². The molecule has 1 aliphatic rings. The van der Waals surface area contributed by atoms with Crippen LogP contribution in [0.2, 0.25) is 0 Å². The molecule has 3 aromatic rings. The second-order valence-corrected chi connectivity index (χ2v) is 7.87. The van der Waals surface area contributed by atoms with Gasteiger partial charge in [0.15, 0.2) is 0 Å². The molecule has 158 valence electrons. The van der Waals surface area contributed by atoms with E-state index in [1.165, 1.54) is 0 Å². The zero-order valence-corrected chi connectivity index (χ0v) is 17.8. The zero-order chi connectivity index (χ0) is 21.8. The summed E-state index contributed by atoms with van der Waals surface area (Å²) in [5.74, 6) is 0.760. The summed E-state index contributed by atoms with van der Waals surface area (Å²) in [4.78, 5) is 33.6. The van der Waals surface area contributed by atoms with E-state index in [4.69, 9.17) is 0 Å². The predicted molar refractivity (Wildman–Crippen MR) is 123 cm³/mol. The van der Waals surface area contributed by atoms with Gasteiger partial charge in [0, 0.05) is 37.3 Å². The maximum absolute atomic E-state index is 12.7. The lowest BCUT2D eigenvalue weighted by Gasteiger charge is -2.35. The van der Waals surface area contributed by atoms with Crippen molar-refractivity contribution < 1.29 is 9.59 Å². The lowest BCUT2D eigenvalue weighted by molar-refractivity contribution is 0.0746. The Hall–Kier alpha value is -3.67. The third kappa shape index (κ3) is 4.91. The molecular formula is C25H26N4O2. The van der Waals surface area contributed by atoms with E-state index in [2.05, 4.69) is 15.2 Å². The molecule has 6 heteroatoms. The van der Waals surface area contributed by atoms with Crippen molar-refractivity contribution in [3.63, 3.8) is 0 Å². The van der Waals surface area contributed by atoms with Gasteiger partial charge in [0.05, 0.1) is 11.9 Å². The minimum absolute atomic E-state index is 0.0711. The molecule has 0 spiro atoms. The number of piperazine rings is 1. The molecular weight excluding hydrogens is 388 g/mol. The molecule has 0 aliphatic carbocycles. The normalized spacial score (nSPS) is 13.7. The smallest absolute Gasteiger partial charge is 0.255 e. The SMILES string of the molecule is Cc1ccc(C(=O)Nc2ccc(N3CCN(C(=O)c4ccc(C)cc4)CC3)nc2)cc1. The van der Waals surface area contributed by atoms with E-state index in [1.807, 2.05) is 79.4 Å². The van der Waals surface area contributed by atoms with Crippen molar-refractivity contribution in [3.8, 4) is 0 Å². The molecule has 0 saturated carbocycles. The highest BCUT2D eigenvalue weighted by molar-refractivity contribution is 6.04. The van der Waals surface area contributed by atoms with Crippen molar-refractivity contribution in [3.05, 3.63) is 89.1 Å². The van der Waals surface area contributed by atoms with Crippen molar-refractivity contribution >= 4 is 23.3 Å². The molecule has 6 nitrogen and oxygen atoms in total. The molecule has 1 N–H and O–H groups in total. The number of carbonyl (C=O) groups is 2. The van der Waals surface area contributed by atoms with Crippen LogP contribution in [0.5, 0.6) is 0 Å². The molecule has 0 unspecified atom stereocenters. The Labute approximate surface area is 182 Å². The van der Waals surface area contributed by atoms with Crippen molar-refractivity contribution in [2.24, 2.45) is 0 Å². The molecule has 0 bridgehead atoms. The zero-order valence-electron chi connectivity index (χ0n) is 17.8. The van der Waals surface area contributed by atoms with E-state index < -0.39 is 0 Å². The van der Waals surface area contributed by atoms with Crippen LogP contribution in [0.15, 0.2) is 66.9 Å². The number of nitrogens with zero attached hydrogens (tertiary/aromatic N) is 3. The Morgan fingerprint density at radius 3 is 1.90 bits per heavy atom. The first kappa shape index (κ1) is 20.6. The molecule has 4 rings (SSSR count). The molecule has 1 aliphatic heterocycles. The number of amides is 2. The van der Waals surface area contributed by atoms with E-state index in [0.717, 1.165) is 35.6 Å². The standard InChI is InChI=1S/C25H26N4O2/c1-18-3-7-20(8-4-18)24(30)27-22-11-12-23(26-17-22)28-13-15-29(16-14-28)25(31)21-9-5-19(2)6-10-21/h3-12,17H,13-16H2,1-2H3,(H,27,30). The summed E-state index contributed by atoms with van der Waals surface area (Å²) >= 11 is 0. The molecule has 0 radical (unpaired) electrons. The van der Waals surface area contributed by atoms with Gasteiger partial charge in [-0.3, -0.25) is 9.59 Å². The first-order valence-electron chi connectivity index (χ1n) is 10.4. The molecule has 0 atom stereocenters. The first-order valence-corrected chi connectivity index (χ1v) is 10.4. The Bertz CT molecular complexity index is 1050. The molecule has 1 saturated heterocycles. The second kappa shape index (κ2) is 9.00. The predicted octanol–water partition coefficient (Wildman–Crippen LogP) is 3.91. The third-order valence-electron chi connectivity index (χ3n) is 5.51. The number of hydrogen-bond acceptors (Lipinski definition) is 4. The van der Waals surface area contributed by atoms with E-state index in [9.17, 15) is 9.59 Å². The number of aryl methyl sites for hydroxylation is 2. The number of aromatic nitrogens is 1. The van der Waals surface area contributed by atoms with Crippen LogP contribution in [0, 0.1) is 13.8 Å². The monoisotopic (exact) mass is 414 g/mol. The summed E-state index contributed by atoms with van der Waals surface area (Å²) in [5.41, 5.74) is 4.26. The van der Waals surface area contributed by atoms with Crippen LogP contribution in [-0.4, -0.2) is 47.9 Å². The Kier molecular flexibility index (Phi) is 5.98. The van der Waals surface area contributed by atoms with Crippen LogP contribution in [-0.2, 0) is 0 Å². The number of anilines is 2. The third-order valence-corrected chi connectivity index (χ3v) is 5.51. The highest BCUT2D eigenvalue weighted by Crippen LogP contribution is 2.18. The summed E-state index contributed by atoms with van der Waals surface area (Å²) in [7, 11) is 0. The summed E-state index contributed by atoms with van der Waals surface area (Å²) in [5, 5.41) is 2.88.